The second-order valence-corrected chi connectivity index (χ2v) is 6.42. The Morgan fingerprint density at radius 2 is 2.33 bits per heavy atom. The number of pyridine rings is 1. The predicted octanol–water partition coefficient (Wildman–Crippen LogP) is 2.17. The second kappa shape index (κ2) is 5.07. The van der Waals surface area contributed by atoms with Gasteiger partial charge in [0.25, 0.3) is 5.91 Å². The monoisotopic (exact) mass is 301 g/mol. The number of rotatable bonds is 3. The zero-order valence-electron chi connectivity index (χ0n) is 11.4. The summed E-state index contributed by atoms with van der Waals surface area (Å²) in [6, 6.07) is 4.41. The van der Waals surface area contributed by atoms with Crippen LogP contribution in [-0.2, 0) is 0 Å². The van der Waals surface area contributed by atoms with Gasteiger partial charge in [-0.25, -0.2) is 4.98 Å². The molecule has 4 rings (SSSR count). The molecule has 2 aliphatic rings. The van der Waals surface area contributed by atoms with Crippen molar-refractivity contribution in [3.05, 3.63) is 29.4 Å². The van der Waals surface area contributed by atoms with Crippen molar-refractivity contribution in [2.45, 2.75) is 25.3 Å². The van der Waals surface area contributed by atoms with Crippen LogP contribution in [0, 0.1) is 5.92 Å². The number of carbonyl (C=O) groups excluding carboxylic acids is 1. The van der Waals surface area contributed by atoms with E-state index < -0.39 is 0 Å². The molecule has 1 N–H and O–H groups in total. The Balaban J connectivity index is 1.47. The highest BCUT2D eigenvalue weighted by molar-refractivity contribution is 7.13. The van der Waals surface area contributed by atoms with E-state index in [2.05, 4.69) is 25.4 Å². The van der Waals surface area contributed by atoms with Gasteiger partial charge in [0.1, 0.15) is 11.3 Å². The molecular formula is C14H15N5OS. The highest BCUT2D eigenvalue weighted by Gasteiger charge is 2.38. The van der Waals surface area contributed by atoms with Gasteiger partial charge in [0, 0.05) is 18.8 Å². The van der Waals surface area contributed by atoms with Gasteiger partial charge < -0.3 is 4.90 Å². The fourth-order valence-electron chi connectivity index (χ4n) is 3.29. The molecule has 0 spiro atoms. The van der Waals surface area contributed by atoms with Crippen molar-refractivity contribution in [3.8, 4) is 0 Å². The molecule has 1 saturated carbocycles. The van der Waals surface area contributed by atoms with Crippen molar-refractivity contribution in [3.63, 3.8) is 0 Å². The number of anilines is 2. The lowest BCUT2D eigenvalue weighted by atomic mass is 10.1. The van der Waals surface area contributed by atoms with E-state index in [4.69, 9.17) is 0 Å². The van der Waals surface area contributed by atoms with Crippen LogP contribution in [0.2, 0.25) is 0 Å². The standard InChI is InChI=1S/C14H15N5OS/c20-13(17-14-18-16-8-21-14)10-2-4-12(15-6-10)19-7-9-1-3-11(19)5-9/h2,4,6,8-9,11H,1,3,5,7H2,(H,17,18,20). The summed E-state index contributed by atoms with van der Waals surface area (Å²) in [6.07, 6.45) is 5.55. The van der Waals surface area contributed by atoms with E-state index in [1.807, 2.05) is 12.1 Å². The SMILES string of the molecule is O=C(Nc1nncs1)c1ccc(N2CC3CCC2C3)nc1. The average Bonchev–Trinajstić information content (AvgIpc) is 3.25. The highest BCUT2D eigenvalue weighted by atomic mass is 32.1. The average molecular weight is 301 g/mol. The Labute approximate surface area is 126 Å². The summed E-state index contributed by atoms with van der Waals surface area (Å²) >= 11 is 1.29. The second-order valence-electron chi connectivity index (χ2n) is 5.59. The van der Waals surface area contributed by atoms with Crippen LogP contribution in [0.5, 0.6) is 0 Å². The minimum absolute atomic E-state index is 0.200. The topological polar surface area (TPSA) is 71.0 Å². The molecular weight excluding hydrogens is 286 g/mol. The summed E-state index contributed by atoms with van der Waals surface area (Å²) in [5.74, 6) is 1.61. The van der Waals surface area contributed by atoms with Crippen LogP contribution in [0.3, 0.4) is 0 Å². The molecule has 6 nitrogen and oxygen atoms in total. The number of aromatic nitrogens is 3. The first kappa shape index (κ1) is 12.7. The molecule has 108 valence electrons. The normalized spacial score (nSPS) is 23.5. The van der Waals surface area contributed by atoms with E-state index in [-0.39, 0.29) is 5.91 Å². The Hall–Kier alpha value is -2.02. The van der Waals surface area contributed by atoms with Gasteiger partial charge in [-0.1, -0.05) is 11.3 Å². The van der Waals surface area contributed by atoms with Crippen molar-refractivity contribution >= 4 is 28.2 Å². The van der Waals surface area contributed by atoms with Crippen molar-refractivity contribution in [2.75, 3.05) is 16.8 Å². The van der Waals surface area contributed by atoms with E-state index in [1.54, 1.807) is 11.7 Å². The molecule has 1 saturated heterocycles. The molecule has 1 amide bonds. The zero-order chi connectivity index (χ0) is 14.2. The summed E-state index contributed by atoms with van der Waals surface area (Å²) in [5, 5.41) is 10.7. The smallest absolute Gasteiger partial charge is 0.259 e. The minimum atomic E-state index is -0.200. The van der Waals surface area contributed by atoms with Crippen LogP contribution >= 0.6 is 11.3 Å². The lowest BCUT2D eigenvalue weighted by Gasteiger charge is -2.28. The third kappa shape index (κ3) is 2.37. The summed E-state index contributed by atoms with van der Waals surface area (Å²) in [6.45, 7) is 1.11. The van der Waals surface area contributed by atoms with Gasteiger partial charge in [-0.05, 0) is 37.3 Å². The number of hydrogen-bond acceptors (Lipinski definition) is 6. The quantitative estimate of drug-likeness (QED) is 0.941. The first-order chi connectivity index (χ1) is 10.3. The summed E-state index contributed by atoms with van der Waals surface area (Å²) in [5.41, 5.74) is 2.12. The summed E-state index contributed by atoms with van der Waals surface area (Å²) in [7, 11) is 0. The molecule has 1 aliphatic heterocycles. The number of nitrogens with one attached hydrogen (secondary N) is 1. The Morgan fingerprint density at radius 1 is 1.38 bits per heavy atom. The lowest BCUT2D eigenvalue weighted by molar-refractivity contribution is 0.102. The molecule has 21 heavy (non-hydrogen) atoms. The van der Waals surface area contributed by atoms with E-state index >= 15 is 0 Å². The molecule has 0 radical (unpaired) electrons. The lowest BCUT2D eigenvalue weighted by Crippen LogP contribution is -2.32. The Bertz CT molecular complexity index is 642. The van der Waals surface area contributed by atoms with Crippen molar-refractivity contribution in [2.24, 2.45) is 5.92 Å². The fraction of sp³-hybridized carbons (Fsp3) is 0.429. The van der Waals surface area contributed by atoms with Gasteiger partial charge in [-0.15, -0.1) is 10.2 Å². The highest BCUT2D eigenvalue weighted by Crippen LogP contribution is 2.39. The minimum Gasteiger partial charge on any atom is -0.353 e. The molecule has 7 heteroatoms. The number of nitrogens with zero attached hydrogens (tertiary/aromatic N) is 4. The van der Waals surface area contributed by atoms with Crippen LogP contribution in [-0.4, -0.2) is 33.7 Å². The summed E-state index contributed by atoms with van der Waals surface area (Å²) in [4.78, 5) is 18.9. The van der Waals surface area contributed by atoms with Crippen LogP contribution in [0.25, 0.3) is 0 Å². The van der Waals surface area contributed by atoms with Crippen LogP contribution < -0.4 is 10.2 Å². The van der Waals surface area contributed by atoms with Gasteiger partial charge in [0.15, 0.2) is 0 Å². The molecule has 0 aromatic carbocycles. The van der Waals surface area contributed by atoms with Gasteiger partial charge >= 0.3 is 0 Å². The van der Waals surface area contributed by atoms with Crippen LogP contribution in [0.1, 0.15) is 29.6 Å². The third-order valence-electron chi connectivity index (χ3n) is 4.29. The van der Waals surface area contributed by atoms with E-state index in [9.17, 15) is 4.79 Å². The maximum absolute atomic E-state index is 12.0. The molecule has 2 aromatic heterocycles. The molecule has 3 heterocycles. The van der Waals surface area contributed by atoms with Gasteiger partial charge in [0.05, 0.1) is 5.56 Å². The maximum Gasteiger partial charge on any atom is 0.259 e. The first-order valence-corrected chi connectivity index (χ1v) is 7.98. The fourth-order valence-corrected chi connectivity index (χ4v) is 3.73. The largest absolute Gasteiger partial charge is 0.353 e. The molecule has 2 unspecified atom stereocenters. The molecule has 2 bridgehead atoms. The van der Waals surface area contributed by atoms with Gasteiger partial charge in [-0.3, -0.25) is 10.1 Å². The number of carbonyl (C=O) groups is 1. The molecule has 2 aromatic rings. The van der Waals surface area contributed by atoms with E-state index in [0.29, 0.717) is 16.7 Å². The maximum atomic E-state index is 12.0. The Kier molecular flexibility index (Phi) is 3.07. The molecule has 2 fully saturated rings. The first-order valence-electron chi connectivity index (χ1n) is 7.10. The van der Waals surface area contributed by atoms with E-state index in [1.165, 1.54) is 30.6 Å². The molecule has 1 aliphatic carbocycles. The predicted molar refractivity (Wildman–Crippen MR) is 80.6 cm³/mol. The number of fused-ring (bicyclic) bond motifs is 2. The van der Waals surface area contributed by atoms with Crippen molar-refractivity contribution in [1.82, 2.24) is 15.2 Å². The van der Waals surface area contributed by atoms with Crippen molar-refractivity contribution < 1.29 is 4.79 Å². The number of amides is 1. The van der Waals surface area contributed by atoms with Crippen molar-refractivity contribution in [1.29, 1.82) is 0 Å². The van der Waals surface area contributed by atoms with Gasteiger partial charge in [0.2, 0.25) is 5.13 Å². The summed E-state index contributed by atoms with van der Waals surface area (Å²) < 4.78 is 0. The van der Waals surface area contributed by atoms with Crippen LogP contribution in [0.15, 0.2) is 23.8 Å². The van der Waals surface area contributed by atoms with E-state index in [0.717, 1.165) is 18.3 Å². The Morgan fingerprint density at radius 3 is 2.95 bits per heavy atom. The number of piperidine rings is 1. The van der Waals surface area contributed by atoms with Crippen LogP contribution in [0.4, 0.5) is 10.9 Å². The third-order valence-corrected chi connectivity index (χ3v) is 4.90. The van der Waals surface area contributed by atoms with Gasteiger partial charge in [-0.2, -0.15) is 0 Å². The number of hydrogen-bond donors (Lipinski definition) is 1. The zero-order valence-corrected chi connectivity index (χ0v) is 12.2. The molecule has 2 atom stereocenters.